The summed E-state index contributed by atoms with van der Waals surface area (Å²) in [4.78, 5) is 14.8. The normalized spacial score (nSPS) is 28.9. The molecule has 2 heterocycles. The van der Waals surface area contributed by atoms with Crippen molar-refractivity contribution in [3.05, 3.63) is 0 Å². The van der Waals surface area contributed by atoms with Crippen molar-refractivity contribution in [3.8, 4) is 0 Å². The minimum absolute atomic E-state index is 0.254. The molecule has 1 amide bonds. The highest BCUT2D eigenvalue weighted by atomic mass is 16.2. The Kier molecular flexibility index (Phi) is 5.04. The summed E-state index contributed by atoms with van der Waals surface area (Å²) in [6.45, 7) is 7.46. The van der Waals surface area contributed by atoms with Gasteiger partial charge in [0, 0.05) is 19.1 Å². The highest BCUT2D eigenvalue weighted by Gasteiger charge is 2.32. The number of nitrogens with one attached hydrogen (secondary N) is 1. The number of nitrogens with zero attached hydrogens (tertiary/aromatic N) is 1. The van der Waals surface area contributed by atoms with Crippen LogP contribution < -0.4 is 5.32 Å². The number of amides is 1. The van der Waals surface area contributed by atoms with Crippen LogP contribution in [0.3, 0.4) is 0 Å². The number of carbonyl (C=O) groups excluding carboxylic acids is 1. The second kappa shape index (κ2) is 6.55. The van der Waals surface area contributed by atoms with Crippen LogP contribution in [0.5, 0.6) is 0 Å². The van der Waals surface area contributed by atoms with Gasteiger partial charge in [-0.2, -0.15) is 0 Å². The van der Waals surface area contributed by atoms with E-state index in [0.29, 0.717) is 11.9 Å². The summed E-state index contributed by atoms with van der Waals surface area (Å²) in [5.74, 6) is 1.43. The lowest BCUT2D eigenvalue weighted by Crippen LogP contribution is -2.47. The van der Waals surface area contributed by atoms with E-state index in [2.05, 4.69) is 24.1 Å². The molecule has 2 fully saturated rings. The molecule has 104 valence electrons. The Labute approximate surface area is 111 Å². The Morgan fingerprint density at radius 1 is 1.33 bits per heavy atom. The molecule has 2 aliphatic heterocycles. The lowest BCUT2D eigenvalue weighted by molar-refractivity contribution is -0.138. The van der Waals surface area contributed by atoms with Gasteiger partial charge in [-0.3, -0.25) is 4.79 Å². The molecule has 0 radical (unpaired) electrons. The smallest absolute Gasteiger partial charge is 0.227 e. The molecule has 0 aliphatic carbocycles. The van der Waals surface area contributed by atoms with Crippen molar-refractivity contribution in [1.29, 1.82) is 0 Å². The molecular weight excluding hydrogens is 224 g/mol. The lowest BCUT2D eigenvalue weighted by atomic mass is 9.93. The molecular formula is C15H28N2O. The van der Waals surface area contributed by atoms with Gasteiger partial charge in [-0.25, -0.2) is 0 Å². The summed E-state index contributed by atoms with van der Waals surface area (Å²) in [5, 5.41) is 3.31. The van der Waals surface area contributed by atoms with Gasteiger partial charge < -0.3 is 10.2 Å². The molecule has 2 unspecified atom stereocenters. The average Bonchev–Trinajstić information content (AvgIpc) is 2.89. The first kappa shape index (κ1) is 13.9. The van der Waals surface area contributed by atoms with E-state index in [1.54, 1.807) is 0 Å². The Hall–Kier alpha value is -0.570. The molecule has 1 N–H and O–H groups in total. The SMILES string of the molecule is CC(C)CCC1CCCCN1C(=O)C1CCNC1. The Balaban J connectivity index is 1.91. The highest BCUT2D eigenvalue weighted by Crippen LogP contribution is 2.25. The molecule has 0 aromatic carbocycles. The largest absolute Gasteiger partial charge is 0.339 e. The van der Waals surface area contributed by atoms with Crippen molar-refractivity contribution in [3.63, 3.8) is 0 Å². The average molecular weight is 252 g/mol. The van der Waals surface area contributed by atoms with Crippen LogP contribution in [0.15, 0.2) is 0 Å². The molecule has 2 aliphatic rings. The van der Waals surface area contributed by atoms with Gasteiger partial charge in [0.05, 0.1) is 5.92 Å². The third kappa shape index (κ3) is 3.47. The molecule has 2 atom stereocenters. The van der Waals surface area contributed by atoms with E-state index in [1.807, 2.05) is 0 Å². The van der Waals surface area contributed by atoms with Gasteiger partial charge in [-0.05, 0) is 51.0 Å². The van der Waals surface area contributed by atoms with Crippen LogP contribution in [0.1, 0.15) is 52.4 Å². The molecule has 2 rings (SSSR count). The first-order chi connectivity index (χ1) is 8.68. The maximum absolute atomic E-state index is 12.5. The quantitative estimate of drug-likeness (QED) is 0.833. The number of rotatable bonds is 4. The molecule has 0 saturated carbocycles. The van der Waals surface area contributed by atoms with Crippen LogP contribution >= 0.6 is 0 Å². The number of hydrogen-bond donors (Lipinski definition) is 1. The van der Waals surface area contributed by atoms with E-state index >= 15 is 0 Å². The van der Waals surface area contributed by atoms with Crippen molar-refractivity contribution in [2.45, 2.75) is 58.4 Å². The third-order valence-electron chi connectivity index (χ3n) is 4.40. The predicted molar refractivity (Wildman–Crippen MR) is 74.4 cm³/mol. The zero-order chi connectivity index (χ0) is 13.0. The van der Waals surface area contributed by atoms with Gasteiger partial charge in [-0.1, -0.05) is 13.8 Å². The summed E-state index contributed by atoms with van der Waals surface area (Å²) in [6.07, 6.45) is 7.20. The fourth-order valence-corrected chi connectivity index (χ4v) is 3.22. The minimum atomic E-state index is 0.254. The van der Waals surface area contributed by atoms with Gasteiger partial charge in [-0.15, -0.1) is 0 Å². The van der Waals surface area contributed by atoms with E-state index in [-0.39, 0.29) is 5.92 Å². The topological polar surface area (TPSA) is 32.3 Å². The summed E-state index contributed by atoms with van der Waals surface area (Å²) < 4.78 is 0. The zero-order valence-corrected chi connectivity index (χ0v) is 12.0. The van der Waals surface area contributed by atoms with Crippen LogP contribution in [0, 0.1) is 11.8 Å². The molecule has 0 bridgehead atoms. The van der Waals surface area contributed by atoms with Gasteiger partial charge in [0.2, 0.25) is 5.91 Å². The summed E-state index contributed by atoms with van der Waals surface area (Å²) in [5.41, 5.74) is 0. The van der Waals surface area contributed by atoms with Crippen molar-refractivity contribution in [1.82, 2.24) is 10.2 Å². The van der Waals surface area contributed by atoms with Crippen LogP contribution in [-0.2, 0) is 4.79 Å². The number of hydrogen-bond acceptors (Lipinski definition) is 2. The minimum Gasteiger partial charge on any atom is -0.339 e. The van der Waals surface area contributed by atoms with Crippen LogP contribution in [-0.4, -0.2) is 36.5 Å². The Morgan fingerprint density at radius 3 is 2.83 bits per heavy atom. The standard InChI is InChI=1S/C15H28N2O/c1-12(2)6-7-14-5-3-4-10-17(14)15(18)13-8-9-16-11-13/h12-14,16H,3-11H2,1-2H3. The molecule has 3 heteroatoms. The molecule has 0 spiro atoms. The van der Waals surface area contributed by atoms with Crippen LogP contribution in [0.2, 0.25) is 0 Å². The van der Waals surface area contributed by atoms with Gasteiger partial charge >= 0.3 is 0 Å². The van der Waals surface area contributed by atoms with Crippen LogP contribution in [0.25, 0.3) is 0 Å². The fraction of sp³-hybridized carbons (Fsp3) is 0.933. The second-order valence-corrected chi connectivity index (χ2v) is 6.34. The first-order valence-electron chi connectivity index (χ1n) is 7.69. The third-order valence-corrected chi connectivity index (χ3v) is 4.40. The Bertz CT molecular complexity index is 272. The monoisotopic (exact) mass is 252 g/mol. The molecule has 2 saturated heterocycles. The fourth-order valence-electron chi connectivity index (χ4n) is 3.22. The van der Waals surface area contributed by atoms with E-state index < -0.39 is 0 Å². The van der Waals surface area contributed by atoms with Crippen LogP contribution in [0.4, 0.5) is 0 Å². The van der Waals surface area contributed by atoms with Gasteiger partial charge in [0.1, 0.15) is 0 Å². The molecule has 18 heavy (non-hydrogen) atoms. The summed E-state index contributed by atoms with van der Waals surface area (Å²) in [7, 11) is 0. The maximum atomic E-state index is 12.5. The summed E-state index contributed by atoms with van der Waals surface area (Å²) in [6, 6.07) is 0.522. The second-order valence-electron chi connectivity index (χ2n) is 6.34. The van der Waals surface area contributed by atoms with E-state index in [4.69, 9.17) is 0 Å². The van der Waals surface area contributed by atoms with E-state index in [9.17, 15) is 4.79 Å². The van der Waals surface area contributed by atoms with Crippen molar-refractivity contribution >= 4 is 5.91 Å². The van der Waals surface area contributed by atoms with E-state index in [1.165, 1.54) is 32.1 Å². The number of piperidine rings is 1. The highest BCUT2D eigenvalue weighted by molar-refractivity contribution is 5.79. The number of carbonyl (C=O) groups is 1. The van der Waals surface area contributed by atoms with Gasteiger partial charge in [0.25, 0.3) is 0 Å². The van der Waals surface area contributed by atoms with E-state index in [0.717, 1.165) is 32.0 Å². The summed E-state index contributed by atoms with van der Waals surface area (Å²) >= 11 is 0. The van der Waals surface area contributed by atoms with Crippen molar-refractivity contribution < 1.29 is 4.79 Å². The predicted octanol–water partition coefficient (Wildman–Crippen LogP) is 2.41. The van der Waals surface area contributed by atoms with Crippen molar-refractivity contribution in [2.24, 2.45) is 11.8 Å². The van der Waals surface area contributed by atoms with Gasteiger partial charge in [0.15, 0.2) is 0 Å². The number of likely N-dealkylation sites (tertiary alicyclic amines) is 1. The molecule has 0 aromatic rings. The zero-order valence-electron chi connectivity index (χ0n) is 12.0. The molecule has 0 aromatic heterocycles. The Morgan fingerprint density at radius 2 is 2.17 bits per heavy atom. The first-order valence-corrected chi connectivity index (χ1v) is 7.69. The maximum Gasteiger partial charge on any atom is 0.227 e. The lowest BCUT2D eigenvalue weighted by Gasteiger charge is -2.37. The van der Waals surface area contributed by atoms with Crippen molar-refractivity contribution in [2.75, 3.05) is 19.6 Å². The molecule has 3 nitrogen and oxygen atoms in total.